The van der Waals surface area contributed by atoms with Crippen LogP contribution in [0.4, 0.5) is 0 Å². The van der Waals surface area contributed by atoms with Gasteiger partial charge in [-0.25, -0.2) is 9.00 Å². The lowest BCUT2D eigenvalue weighted by atomic mass is 10.7. The van der Waals surface area contributed by atoms with Gasteiger partial charge in [0, 0.05) is 6.08 Å². The highest BCUT2D eigenvalue weighted by Gasteiger charge is 1.99. The van der Waals surface area contributed by atoms with Gasteiger partial charge in [-0.1, -0.05) is 6.58 Å². The van der Waals surface area contributed by atoms with Gasteiger partial charge in [-0.05, 0) is 0 Å². The van der Waals surface area contributed by atoms with Gasteiger partial charge in [0.2, 0.25) is 0 Å². The molecule has 0 aliphatic heterocycles. The van der Waals surface area contributed by atoms with Crippen LogP contribution in [-0.4, -0.2) is 23.2 Å². The van der Waals surface area contributed by atoms with Crippen LogP contribution in [0.15, 0.2) is 12.7 Å². The van der Waals surface area contributed by atoms with Gasteiger partial charge >= 0.3 is 5.97 Å². The largest absolute Gasteiger partial charge is 0.446 e. The molecule has 0 heterocycles. The topological polar surface area (TPSA) is 52.6 Å². The third-order valence-corrected chi connectivity index (χ3v) is 1.33. The Bertz CT molecular complexity index is 154. The predicted molar refractivity (Wildman–Crippen MR) is 36.3 cm³/mol. The highest BCUT2D eigenvalue weighted by Crippen LogP contribution is 1.85. The maximum atomic E-state index is 10.4. The summed E-state index contributed by atoms with van der Waals surface area (Å²) in [6.45, 7) is 3.15. The van der Waals surface area contributed by atoms with E-state index in [1.54, 1.807) is 0 Å². The summed E-state index contributed by atoms with van der Waals surface area (Å²) in [7, 11) is 1.26. The van der Waals surface area contributed by atoms with Gasteiger partial charge in [-0.15, -0.1) is 0 Å². The Morgan fingerprint density at radius 2 is 2.40 bits per heavy atom. The highest BCUT2D eigenvalue weighted by atomic mass is 32.2. The second kappa shape index (κ2) is 5.13. The Morgan fingerprint density at radius 3 is 2.80 bits per heavy atom. The molecule has 0 spiro atoms. The van der Waals surface area contributed by atoms with E-state index in [1.807, 2.05) is 0 Å². The fourth-order valence-corrected chi connectivity index (χ4v) is 0.522. The first kappa shape index (κ1) is 9.32. The highest BCUT2D eigenvalue weighted by molar-refractivity contribution is 7.79. The molecule has 0 saturated heterocycles. The molecule has 1 atom stereocenters. The van der Waals surface area contributed by atoms with Crippen LogP contribution >= 0.6 is 0 Å². The second-order valence-corrected chi connectivity index (χ2v) is 2.43. The van der Waals surface area contributed by atoms with Crippen molar-refractivity contribution in [2.45, 2.75) is 0 Å². The number of hydrogen-bond donors (Lipinski definition) is 0. The molecular weight excluding hydrogens is 156 g/mol. The number of hydrogen-bond acceptors (Lipinski definition) is 4. The van der Waals surface area contributed by atoms with Crippen molar-refractivity contribution < 1.29 is 17.9 Å². The van der Waals surface area contributed by atoms with Crippen LogP contribution in [0, 0.1) is 0 Å². The molecule has 58 valence electrons. The van der Waals surface area contributed by atoms with Gasteiger partial charge in [0.05, 0.1) is 7.11 Å². The molecule has 0 rings (SSSR count). The summed E-state index contributed by atoms with van der Waals surface area (Å²) in [6, 6.07) is 0. The number of esters is 1. The van der Waals surface area contributed by atoms with Crippen molar-refractivity contribution in [1.82, 2.24) is 0 Å². The number of carbonyl (C=O) groups is 1. The summed E-state index contributed by atoms with van der Waals surface area (Å²) in [4.78, 5) is 10.3. The molecule has 0 radical (unpaired) electrons. The van der Waals surface area contributed by atoms with Gasteiger partial charge < -0.3 is 4.74 Å². The van der Waals surface area contributed by atoms with Gasteiger partial charge in [0.25, 0.3) is 0 Å². The van der Waals surface area contributed by atoms with E-state index >= 15 is 0 Å². The van der Waals surface area contributed by atoms with Gasteiger partial charge in [-0.2, -0.15) is 0 Å². The van der Waals surface area contributed by atoms with Crippen LogP contribution in [0.25, 0.3) is 0 Å². The molecule has 0 amide bonds. The molecule has 0 bridgehead atoms. The maximum Gasteiger partial charge on any atom is 0.331 e. The molecule has 0 aromatic heterocycles. The average Bonchev–Trinajstić information content (AvgIpc) is 1.99. The molecule has 4 nitrogen and oxygen atoms in total. The summed E-state index contributed by atoms with van der Waals surface area (Å²) < 4.78 is 19.1. The first-order valence-electron chi connectivity index (χ1n) is 2.42. The molecule has 0 N–H and O–H groups in total. The monoisotopic (exact) mass is 164 g/mol. The normalized spacial score (nSPS) is 12.1. The number of carbonyl (C=O) groups excluding carboxylic acids is 1. The molecule has 0 saturated carbocycles. The van der Waals surface area contributed by atoms with Crippen molar-refractivity contribution in [3.63, 3.8) is 0 Å². The van der Waals surface area contributed by atoms with E-state index in [1.165, 1.54) is 7.11 Å². The third-order valence-electron chi connectivity index (χ3n) is 0.650. The molecule has 0 aromatic carbocycles. The minimum absolute atomic E-state index is 0.249. The molecule has 0 aliphatic carbocycles. The van der Waals surface area contributed by atoms with Crippen LogP contribution in [-0.2, 0) is 24.8 Å². The molecular formula is C5H8O4S. The average molecular weight is 164 g/mol. The lowest BCUT2D eigenvalue weighted by Crippen LogP contribution is -2.07. The fourth-order valence-electron chi connectivity index (χ4n) is 0.213. The molecule has 0 aromatic rings. The van der Waals surface area contributed by atoms with Crippen LogP contribution < -0.4 is 0 Å². The Hall–Kier alpha value is -0.680. The minimum Gasteiger partial charge on any atom is -0.446 e. The smallest absolute Gasteiger partial charge is 0.331 e. The van der Waals surface area contributed by atoms with E-state index in [4.69, 9.17) is 0 Å². The molecule has 0 fully saturated rings. The first-order chi connectivity index (χ1) is 4.70. The Balaban J connectivity index is 3.44. The lowest BCUT2D eigenvalue weighted by Gasteiger charge is -1.97. The van der Waals surface area contributed by atoms with Gasteiger partial charge in [-0.3, -0.25) is 4.18 Å². The van der Waals surface area contributed by atoms with Crippen LogP contribution in [0.1, 0.15) is 0 Å². The zero-order valence-electron chi connectivity index (χ0n) is 5.53. The minimum atomic E-state index is -1.54. The zero-order chi connectivity index (χ0) is 7.98. The third kappa shape index (κ3) is 4.22. The van der Waals surface area contributed by atoms with E-state index in [0.717, 1.165) is 6.08 Å². The van der Waals surface area contributed by atoms with E-state index in [9.17, 15) is 9.00 Å². The van der Waals surface area contributed by atoms with E-state index in [-0.39, 0.29) is 5.94 Å². The quantitative estimate of drug-likeness (QED) is 0.433. The Labute approximate surface area is 61.5 Å². The van der Waals surface area contributed by atoms with Crippen molar-refractivity contribution in [2.75, 3.05) is 13.0 Å². The maximum absolute atomic E-state index is 10.4. The first-order valence-corrected chi connectivity index (χ1v) is 3.67. The Morgan fingerprint density at radius 1 is 1.80 bits per heavy atom. The summed E-state index contributed by atoms with van der Waals surface area (Å²) in [5, 5.41) is 0. The summed E-state index contributed by atoms with van der Waals surface area (Å²) in [5.74, 6) is -0.855. The van der Waals surface area contributed by atoms with Gasteiger partial charge in [0.15, 0.2) is 17.0 Å². The van der Waals surface area contributed by atoms with Crippen molar-refractivity contribution in [3.8, 4) is 0 Å². The lowest BCUT2D eigenvalue weighted by molar-refractivity contribution is -0.135. The summed E-state index contributed by atoms with van der Waals surface area (Å²) in [6.07, 6.45) is 0.993. The molecule has 5 heteroatoms. The summed E-state index contributed by atoms with van der Waals surface area (Å²) >= 11 is -1.54. The van der Waals surface area contributed by atoms with E-state index < -0.39 is 17.0 Å². The van der Waals surface area contributed by atoms with E-state index in [2.05, 4.69) is 15.5 Å². The predicted octanol–water partition coefficient (Wildman–Crippen LogP) is -0.0168. The number of ether oxygens (including phenoxy) is 1. The van der Waals surface area contributed by atoms with Crippen LogP contribution in [0.5, 0.6) is 0 Å². The van der Waals surface area contributed by atoms with Crippen molar-refractivity contribution in [1.29, 1.82) is 0 Å². The second-order valence-electron chi connectivity index (χ2n) is 1.26. The Kier molecular flexibility index (Phi) is 4.78. The standard InChI is InChI=1S/C5H8O4S/c1-3-5(6)9-4-10(7)8-2/h3H,1,4H2,2H3. The van der Waals surface area contributed by atoms with Gasteiger partial charge in [0.1, 0.15) is 0 Å². The number of rotatable bonds is 4. The van der Waals surface area contributed by atoms with E-state index in [0.29, 0.717) is 0 Å². The van der Waals surface area contributed by atoms with Crippen molar-refractivity contribution >= 4 is 17.0 Å². The SMILES string of the molecule is C=CC(=O)OCS(=O)OC. The summed E-state index contributed by atoms with van der Waals surface area (Å²) in [5.41, 5.74) is 0. The van der Waals surface area contributed by atoms with Crippen LogP contribution in [0.3, 0.4) is 0 Å². The molecule has 10 heavy (non-hydrogen) atoms. The van der Waals surface area contributed by atoms with Crippen molar-refractivity contribution in [3.05, 3.63) is 12.7 Å². The van der Waals surface area contributed by atoms with Crippen molar-refractivity contribution in [2.24, 2.45) is 0 Å². The molecule has 1 unspecified atom stereocenters. The fraction of sp³-hybridized carbons (Fsp3) is 0.400. The van der Waals surface area contributed by atoms with Crippen LogP contribution in [0.2, 0.25) is 0 Å². The zero-order valence-corrected chi connectivity index (χ0v) is 6.35. The molecule has 0 aliphatic rings.